The third kappa shape index (κ3) is 7.01. The summed E-state index contributed by atoms with van der Waals surface area (Å²) in [6.45, 7) is -0.316. The van der Waals surface area contributed by atoms with Crippen LogP contribution in [-0.2, 0) is 19.6 Å². The van der Waals surface area contributed by atoms with E-state index in [2.05, 4.69) is 15.0 Å². The van der Waals surface area contributed by atoms with Gasteiger partial charge in [0.1, 0.15) is 0 Å². The van der Waals surface area contributed by atoms with Gasteiger partial charge in [0, 0.05) is 89.5 Å². The summed E-state index contributed by atoms with van der Waals surface area (Å²) in [5.74, 6) is -0.710. The van der Waals surface area contributed by atoms with Crippen LogP contribution in [0.2, 0.25) is 5.02 Å². The number of halogens is 1. The molecule has 1 aliphatic heterocycles. The Balaban J connectivity index is 1.53. The van der Waals surface area contributed by atoms with Crippen molar-refractivity contribution in [3.8, 4) is 11.4 Å². The third-order valence-corrected chi connectivity index (χ3v) is 9.98. The topological polar surface area (TPSA) is 137 Å². The third-order valence-electron chi connectivity index (χ3n) is 7.92. The predicted molar refractivity (Wildman–Crippen MR) is 173 cm³/mol. The molecule has 240 valence electrons. The molecule has 0 N–H and O–H groups in total. The lowest BCUT2D eigenvalue weighted by Gasteiger charge is -2.46. The highest BCUT2D eigenvalue weighted by Crippen LogP contribution is 2.30. The van der Waals surface area contributed by atoms with Gasteiger partial charge in [-0.3, -0.25) is 19.4 Å². The van der Waals surface area contributed by atoms with Crippen molar-refractivity contribution in [1.82, 2.24) is 34.0 Å². The van der Waals surface area contributed by atoms with Crippen molar-refractivity contribution in [3.63, 3.8) is 0 Å². The molecule has 3 heterocycles. The second kappa shape index (κ2) is 13.5. The molecule has 5 rings (SSSR count). The summed E-state index contributed by atoms with van der Waals surface area (Å²) in [6.07, 6.45) is 5.68. The van der Waals surface area contributed by atoms with E-state index in [1.165, 1.54) is 37.5 Å². The molecule has 14 heteroatoms. The quantitative estimate of drug-likeness (QED) is 0.280. The number of hydrogen-bond donors (Lipinski definition) is 0. The van der Waals surface area contributed by atoms with Gasteiger partial charge in [-0.2, -0.15) is 4.31 Å². The molecule has 1 fully saturated rings. The van der Waals surface area contributed by atoms with Gasteiger partial charge >= 0.3 is 0 Å². The van der Waals surface area contributed by atoms with Crippen molar-refractivity contribution >= 4 is 50.1 Å². The first kappa shape index (κ1) is 32.9. The number of rotatable bonds is 8. The minimum absolute atomic E-state index is 0.0533. The molecule has 0 radical (unpaired) electrons. The fourth-order valence-corrected chi connectivity index (χ4v) is 7.11. The molecule has 0 saturated carbocycles. The molecule has 4 aromatic rings. The number of carbonyl (C=O) groups is 3. The molecule has 0 spiro atoms. The molecule has 1 aliphatic rings. The monoisotopic (exact) mass is 663 g/mol. The summed E-state index contributed by atoms with van der Waals surface area (Å²) in [5.41, 5.74) is 0.862. The van der Waals surface area contributed by atoms with E-state index in [9.17, 15) is 22.8 Å². The number of piperazine rings is 1. The zero-order valence-corrected chi connectivity index (χ0v) is 27.4. The standard InChI is InChI=1S/C32H34ClN7O5S/c1-37(2)29(41)15-26-19-39(46(44,45)28-8-6-22-13-25(33)7-5-23(22)14-28)20-27(16-30(42)38(3)4)40(26)32(43)24-17-35-31(36-18-24)21-9-11-34-12-10-21/h5-14,17-18,26-27H,15-16,19-20H2,1-4H3. The molecule has 0 bridgehead atoms. The van der Waals surface area contributed by atoms with Crippen LogP contribution in [0.5, 0.6) is 0 Å². The molecular weight excluding hydrogens is 630 g/mol. The highest BCUT2D eigenvalue weighted by atomic mass is 35.5. The molecule has 2 atom stereocenters. The average molecular weight is 664 g/mol. The van der Waals surface area contributed by atoms with E-state index in [-0.39, 0.29) is 48.2 Å². The van der Waals surface area contributed by atoms with Crippen molar-refractivity contribution in [1.29, 1.82) is 0 Å². The normalized spacial score (nSPS) is 17.1. The van der Waals surface area contributed by atoms with Crippen LogP contribution in [0.4, 0.5) is 0 Å². The predicted octanol–water partition coefficient (Wildman–Crippen LogP) is 3.19. The van der Waals surface area contributed by atoms with Gasteiger partial charge in [0.15, 0.2) is 5.82 Å². The molecule has 2 aromatic carbocycles. The van der Waals surface area contributed by atoms with E-state index in [4.69, 9.17) is 11.6 Å². The fourth-order valence-electron chi connectivity index (χ4n) is 5.38. The minimum Gasteiger partial charge on any atom is -0.349 e. The molecule has 46 heavy (non-hydrogen) atoms. The summed E-state index contributed by atoms with van der Waals surface area (Å²) in [7, 11) is 2.25. The van der Waals surface area contributed by atoms with Crippen molar-refractivity contribution in [2.45, 2.75) is 29.8 Å². The summed E-state index contributed by atoms with van der Waals surface area (Å²) in [5, 5.41) is 2.00. The molecule has 2 aromatic heterocycles. The van der Waals surface area contributed by atoms with Crippen molar-refractivity contribution in [2.75, 3.05) is 41.3 Å². The van der Waals surface area contributed by atoms with Crippen LogP contribution < -0.4 is 0 Å². The van der Waals surface area contributed by atoms with Gasteiger partial charge < -0.3 is 14.7 Å². The first-order chi connectivity index (χ1) is 21.8. The lowest BCUT2D eigenvalue weighted by atomic mass is 10.00. The first-order valence-electron chi connectivity index (χ1n) is 14.5. The van der Waals surface area contributed by atoms with E-state index in [0.717, 1.165) is 5.39 Å². The number of fused-ring (bicyclic) bond motifs is 1. The minimum atomic E-state index is -4.11. The van der Waals surface area contributed by atoms with Crippen LogP contribution in [0.25, 0.3) is 22.2 Å². The maximum atomic E-state index is 14.2. The van der Waals surface area contributed by atoms with Crippen molar-refractivity contribution < 1.29 is 22.8 Å². The van der Waals surface area contributed by atoms with Gasteiger partial charge in [0.05, 0.1) is 22.5 Å². The Morgan fingerprint density at radius 3 is 1.93 bits per heavy atom. The lowest BCUT2D eigenvalue weighted by molar-refractivity contribution is -0.131. The number of benzene rings is 2. The van der Waals surface area contributed by atoms with Gasteiger partial charge in [-0.25, -0.2) is 18.4 Å². The van der Waals surface area contributed by atoms with Gasteiger partial charge in [-0.05, 0) is 47.2 Å². The fraction of sp³-hybridized carbons (Fsp3) is 0.312. The van der Waals surface area contributed by atoms with Gasteiger partial charge in [0.25, 0.3) is 5.91 Å². The number of sulfonamides is 1. The smallest absolute Gasteiger partial charge is 0.257 e. The number of amides is 3. The summed E-state index contributed by atoms with van der Waals surface area (Å²) in [6, 6.07) is 11.7. The molecule has 12 nitrogen and oxygen atoms in total. The Labute approximate surface area is 272 Å². The van der Waals surface area contributed by atoms with E-state index >= 15 is 0 Å². The summed E-state index contributed by atoms with van der Waals surface area (Å²) < 4.78 is 29.5. The van der Waals surface area contributed by atoms with Crippen LogP contribution in [0.3, 0.4) is 0 Å². The van der Waals surface area contributed by atoms with E-state index < -0.39 is 28.0 Å². The number of hydrogen-bond acceptors (Lipinski definition) is 8. The Morgan fingerprint density at radius 1 is 0.826 bits per heavy atom. The number of nitrogens with zero attached hydrogens (tertiary/aromatic N) is 7. The molecular formula is C32H34ClN7O5S. The van der Waals surface area contributed by atoms with Gasteiger partial charge in [-0.1, -0.05) is 23.7 Å². The first-order valence-corrected chi connectivity index (χ1v) is 16.3. The van der Waals surface area contributed by atoms with Crippen LogP contribution in [0, 0.1) is 0 Å². The highest BCUT2D eigenvalue weighted by molar-refractivity contribution is 7.89. The summed E-state index contributed by atoms with van der Waals surface area (Å²) >= 11 is 6.12. The second-order valence-corrected chi connectivity index (χ2v) is 13.9. The van der Waals surface area contributed by atoms with Crippen molar-refractivity contribution in [3.05, 3.63) is 83.9 Å². The Bertz CT molecular complexity index is 1840. The Morgan fingerprint density at radius 2 is 1.37 bits per heavy atom. The second-order valence-electron chi connectivity index (χ2n) is 11.5. The number of aromatic nitrogens is 3. The van der Waals surface area contributed by atoms with Crippen LogP contribution in [0.15, 0.2) is 78.2 Å². The van der Waals surface area contributed by atoms with Gasteiger partial charge in [-0.15, -0.1) is 0 Å². The van der Waals surface area contributed by atoms with Crippen LogP contribution in [-0.4, -0.2) is 113 Å². The maximum Gasteiger partial charge on any atom is 0.257 e. The van der Waals surface area contributed by atoms with E-state index in [1.807, 2.05) is 0 Å². The zero-order chi connectivity index (χ0) is 33.2. The largest absolute Gasteiger partial charge is 0.349 e. The number of pyridine rings is 1. The van der Waals surface area contributed by atoms with E-state index in [1.54, 1.807) is 83.0 Å². The van der Waals surface area contributed by atoms with Crippen LogP contribution in [0.1, 0.15) is 23.2 Å². The lowest BCUT2D eigenvalue weighted by Crippen LogP contribution is -2.63. The SMILES string of the molecule is CN(C)C(=O)CC1CN(S(=O)(=O)c2ccc3cc(Cl)ccc3c2)CC(CC(=O)N(C)C)N1C(=O)c1cnc(-c2ccncc2)nc1. The molecule has 0 aliphatic carbocycles. The van der Waals surface area contributed by atoms with Crippen molar-refractivity contribution in [2.24, 2.45) is 0 Å². The van der Waals surface area contributed by atoms with Crippen LogP contribution >= 0.6 is 11.6 Å². The average Bonchev–Trinajstić information content (AvgIpc) is 3.04. The highest BCUT2D eigenvalue weighted by Gasteiger charge is 2.44. The Hall–Kier alpha value is -4.46. The number of carbonyl (C=O) groups excluding carboxylic acids is 3. The molecule has 2 unspecified atom stereocenters. The molecule has 3 amide bonds. The zero-order valence-electron chi connectivity index (χ0n) is 25.9. The molecule has 1 saturated heterocycles. The van der Waals surface area contributed by atoms with E-state index in [0.29, 0.717) is 21.8 Å². The summed E-state index contributed by atoms with van der Waals surface area (Å²) in [4.78, 5) is 57.3. The maximum absolute atomic E-state index is 14.2. The Kier molecular flexibility index (Phi) is 9.66. The van der Waals surface area contributed by atoms with Gasteiger partial charge in [0.2, 0.25) is 21.8 Å².